The third-order valence-corrected chi connectivity index (χ3v) is 5.18. The fraction of sp³-hybridized carbons (Fsp3) is 0.667. The molecule has 7 nitrogen and oxygen atoms in total. The van der Waals surface area contributed by atoms with Crippen LogP contribution in [-0.2, 0) is 4.79 Å². The first-order valence-corrected chi connectivity index (χ1v) is 9.21. The molecule has 0 aliphatic carbocycles. The maximum atomic E-state index is 12.3. The third-order valence-electron chi connectivity index (χ3n) is 5.18. The van der Waals surface area contributed by atoms with Crippen molar-refractivity contribution >= 4 is 11.9 Å². The molecule has 138 valence electrons. The lowest BCUT2D eigenvalue weighted by Gasteiger charge is -2.32. The first-order chi connectivity index (χ1) is 12.1. The average molecular weight is 348 g/mol. The highest BCUT2D eigenvalue weighted by Crippen LogP contribution is 2.24. The number of piperidine rings is 1. The molecule has 3 rings (SSSR count). The van der Waals surface area contributed by atoms with E-state index in [1.165, 1.54) is 12.8 Å². The van der Waals surface area contributed by atoms with Crippen LogP contribution in [0.1, 0.15) is 44.4 Å². The molecule has 0 aromatic carbocycles. The van der Waals surface area contributed by atoms with E-state index in [1.54, 1.807) is 13.2 Å². The summed E-state index contributed by atoms with van der Waals surface area (Å²) in [4.78, 5) is 27.8. The summed E-state index contributed by atoms with van der Waals surface area (Å²) in [6.45, 7) is 5.63. The van der Waals surface area contributed by atoms with Crippen molar-refractivity contribution in [2.75, 3.05) is 32.7 Å². The number of likely N-dealkylation sites (tertiary alicyclic amines) is 2. The van der Waals surface area contributed by atoms with Crippen LogP contribution in [-0.4, -0.2) is 60.5 Å². The molecule has 0 bridgehead atoms. The first-order valence-electron chi connectivity index (χ1n) is 9.21. The molecule has 1 atom stereocenters. The molecule has 0 radical (unpaired) electrons. The summed E-state index contributed by atoms with van der Waals surface area (Å²) >= 11 is 0. The van der Waals surface area contributed by atoms with Crippen molar-refractivity contribution in [3.63, 3.8) is 0 Å². The van der Waals surface area contributed by atoms with Gasteiger partial charge in [-0.3, -0.25) is 9.69 Å². The van der Waals surface area contributed by atoms with Crippen molar-refractivity contribution < 1.29 is 14.0 Å². The van der Waals surface area contributed by atoms with Gasteiger partial charge in [0.1, 0.15) is 5.76 Å². The van der Waals surface area contributed by atoms with Crippen LogP contribution in [0.25, 0.3) is 0 Å². The van der Waals surface area contributed by atoms with Gasteiger partial charge < -0.3 is 20.0 Å². The summed E-state index contributed by atoms with van der Waals surface area (Å²) in [5.41, 5.74) is 0. The Hall–Kier alpha value is -2.02. The highest BCUT2D eigenvalue weighted by Gasteiger charge is 2.27. The molecule has 7 heteroatoms. The number of hydrogen-bond donors (Lipinski definition) is 2. The minimum Gasteiger partial charge on any atom is -0.468 e. The molecule has 0 saturated carbocycles. The largest absolute Gasteiger partial charge is 0.468 e. The van der Waals surface area contributed by atoms with Crippen LogP contribution >= 0.6 is 0 Å². The van der Waals surface area contributed by atoms with Crippen LogP contribution in [0.15, 0.2) is 22.8 Å². The van der Waals surface area contributed by atoms with Crippen molar-refractivity contribution in [3.05, 3.63) is 24.2 Å². The number of carbonyl (C=O) groups excluding carboxylic acids is 2. The fourth-order valence-corrected chi connectivity index (χ4v) is 3.71. The summed E-state index contributed by atoms with van der Waals surface area (Å²) in [5.74, 6) is 1.01. The van der Waals surface area contributed by atoms with E-state index < -0.39 is 0 Å². The monoisotopic (exact) mass is 348 g/mol. The zero-order valence-corrected chi connectivity index (χ0v) is 14.9. The van der Waals surface area contributed by atoms with E-state index in [0.717, 1.165) is 31.7 Å². The Labute approximate surface area is 148 Å². The molecule has 2 fully saturated rings. The number of nitrogens with one attached hydrogen (secondary N) is 2. The number of urea groups is 1. The average Bonchev–Trinajstić information content (AvgIpc) is 3.29. The standard InChI is InChI=1S/C18H28N4O3/c1-14(23)21-10-6-15(7-11-21)20-18(24)19-13-16(17-5-4-12-25-17)22-8-2-3-9-22/h4-5,12,15-16H,2-3,6-11,13H2,1H3,(H2,19,20,24)/t16-/m0/s1. The van der Waals surface area contributed by atoms with Gasteiger partial charge in [-0.1, -0.05) is 0 Å². The van der Waals surface area contributed by atoms with Crippen molar-refractivity contribution in [1.29, 1.82) is 0 Å². The van der Waals surface area contributed by atoms with Gasteiger partial charge in [-0.2, -0.15) is 0 Å². The van der Waals surface area contributed by atoms with E-state index in [0.29, 0.717) is 19.6 Å². The highest BCUT2D eigenvalue weighted by atomic mass is 16.3. The zero-order valence-electron chi connectivity index (χ0n) is 14.9. The summed E-state index contributed by atoms with van der Waals surface area (Å²) < 4.78 is 5.57. The van der Waals surface area contributed by atoms with Crippen molar-refractivity contribution in [2.24, 2.45) is 0 Å². The van der Waals surface area contributed by atoms with E-state index in [4.69, 9.17) is 4.42 Å². The lowest BCUT2D eigenvalue weighted by atomic mass is 10.1. The number of nitrogens with zero attached hydrogens (tertiary/aromatic N) is 2. The second-order valence-corrected chi connectivity index (χ2v) is 6.91. The smallest absolute Gasteiger partial charge is 0.315 e. The first kappa shape index (κ1) is 17.8. The van der Waals surface area contributed by atoms with E-state index in [2.05, 4.69) is 15.5 Å². The van der Waals surface area contributed by atoms with E-state index in [-0.39, 0.29) is 24.0 Å². The van der Waals surface area contributed by atoms with Gasteiger partial charge in [-0.05, 0) is 50.9 Å². The van der Waals surface area contributed by atoms with E-state index >= 15 is 0 Å². The Balaban J connectivity index is 1.46. The highest BCUT2D eigenvalue weighted by molar-refractivity contribution is 5.75. The van der Waals surface area contributed by atoms with E-state index in [9.17, 15) is 9.59 Å². The number of carbonyl (C=O) groups is 2. The molecule has 1 aromatic heterocycles. The quantitative estimate of drug-likeness (QED) is 0.849. The topological polar surface area (TPSA) is 77.8 Å². The molecule has 2 aliphatic rings. The predicted molar refractivity (Wildman–Crippen MR) is 94.1 cm³/mol. The molecule has 2 aliphatic heterocycles. The van der Waals surface area contributed by atoms with Crippen LogP contribution in [0.2, 0.25) is 0 Å². The van der Waals surface area contributed by atoms with Gasteiger partial charge in [-0.25, -0.2) is 4.79 Å². The molecule has 0 unspecified atom stereocenters. The summed E-state index contributed by atoms with van der Waals surface area (Å²) in [6, 6.07) is 3.94. The Kier molecular flexibility index (Phi) is 5.96. The summed E-state index contributed by atoms with van der Waals surface area (Å²) in [5, 5.41) is 6.03. The van der Waals surface area contributed by atoms with Crippen LogP contribution in [0.4, 0.5) is 4.79 Å². The van der Waals surface area contributed by atoms with Crippen molar-refractivity contribution in [2.45, 2.75) is 44.7 Å². The summed E-state index contributed by atoms with van der Waals surface area (Å²) in [6.07, 6.45) is 5.68. The van der Waals surface area contributed by atoms with Crippen LogP contribution in [0, 0.1) is 0 Å². The second kappa shape index (κ2) is 8.38. The molecule has 0 spiro atoms. The molecule has 3 heterocycles. The molecule has 1 aromatic rings. The molecule has 3 amide bonds. The van der Waals surface area contributed by atoms with Gasteiger partial charge in [0, 0.05) is 32.6 Å². The fourth-order valence-electron chi connectivity index (χ4n) is 3.71. The predicted octanol–water partition coefficient (Wildman–Crippen LogP) is 1.73. The third kappa shape index (κ3) is 4.75. The molecular formula is C18H28N4O3. The maximum absolute atomic E-state index is 12.3. The van der Waals surface area contributed by atoms with Gasteiger partial charge in [0.25, 0.3) is 0 Å². The zero-order chi connectivity index (χ0) is 17.6. The number of hydrogen-bond acceptors (Lipinski definition) is 4. The Morgan fingerprint density at radius 2 is 1.96 bits per heavy atom. The Bertz CT molecular complexity index is 561. The van der Waals surface area contributed by atoms with Gasteiger partial charge in [0.05, 0.1) is 12.3 Å². The van der Waals surface area contributed by atoms with Crippen molar-refractivity contribution in [1.82, 2.24) is 20.4 Å². The Morgan fingerprint density at radius 1 is 1.24 bits per heavy atom. The summed E-state index contributed by atoms with van der Waals surface area (Å²) in [7, 11) is 0. The van der Waals surface area contributed by atoms with Crippen LogP contribution < -0.4 is 10.6 Å². The molecule has 2 saturated heterocycles. The maximum Gasteiger partial charge on any atom is 0.315 e. The van der Waals surface area contributed by atoms with Gasteiger partial charge >= 0.3 is 6.03 Å². The normalized spacial score (nSPS) is 20.4. The van der Waals surface area contributed by atoms with E-state index in [1.807, 2.05) is 17.0 Å². The number of amides is 3. The van der Waals surface area contributed by atoms with Gasteiger partial charge in [-0.15, -0.1) is 0 Å². The SMILES string of the molecule is CC(=O)N1CCC(NC(=O)NC[C@@H](c2ccco2)N2CCCC2)CC1. The molecule has 2 N–H and O–H groups in total. The van der Waals surface area contributed by atoms with Crippen LogP contribution in [0.3, 0.4) is 0 Å². The second-order valence-electron chi connectivity index (χ2n) is 6.91. The minimum absolute atomic E-state index is 0.0859. The van der Waals surface area contributed by atoms with Gasteiger partial charge in [0.15, 0.2) is 0 Å². The molecular weight excluding hydrogens is 320 g/mol. The van der Waals surface area contributed by atoms with Crippen LogP contribution in [0.5, 0.6) is 0 Å². The van der Waals surface area contributed by atoms with Crippen molar-refractivity contribution in [3.8, 4) is 0 Å². The Morgan fingerprint density at radius 3 is 2.56 bits per heavy atom. The lowest BCUT2D eigenvalue weighted by molar-refractivity contribution is -0.129. The minimum atomic E-state index is -0.142. The molecule has 25 heavy (non-hydrogen) atoms. The number of furan rings is 1. The van der Waals surface area contributed by atoms with Gasteiger partial charge in [0.2, 0.25) is 5.91 Å². The lowest BCUT2D eigenvalue weighted by Crippen LogP contribution is -2.49. The number of rotatable bonds is 5.